The second-order valence-electron chi connectivity index (χ2n) is 3.83. The third-order valence-electron chi connectivity index (χ3n) is 2.39. The Balaban J connectivity index is 2.19. The smallest absolute Gasteiger partial charge is 0.257 e. The quantitative estimate of drug-likeness (QED) is 0.766. The van der Waals surface area contributed by atoms with Crippen LogP contribution in [0, 0.1) is 0 Å². The van der Waals surface area contributed by atoms with Crippen molar-refractivity contribution in [1.82, 2.24) is 4.98 Å². The van der Waals surface area contributed by atoms with Gasteiger partial charge in [0.1, 0.15) is 5.75 Å². The topological polar surface area (TPSA) is 105 Å². The van der Waals surface area contributed by atoms with Crippen LogP contribution in [-0.4, -0.2) is 21.9 Å². The van der Waals surface area contributed by atoms with Crippen molar-refractivity contribution in [3.05, 3.63) is 53.9 Å². The number of carbonyl (C=O) groups is 2. The molecule has 0 aliphatic carbocycles. The molecular formula is C13H11N3O3. The van der Waals surface area contributed by atoms with E-state index >= 15 is 0 Å². The number of carbonyl (C=O) groups excluding carboxylic acids is 2. The van der Waals surface area contributed by atoms with E-state index in [1.165, 1.54) is 24.5 Å². The molecule has 4 N–H and O–H groups in total. The van der Waals surface area contributed by atoms with Gasteiger partial charge in [0.25, 0.3) is 5.91 Å². The largest absolute Gasteiger partial charge is 0.506 e. The molecule has 0 fully saturated rings. The molecule has 0 unspecified atom stereocenters. The lowest BCUT2D eigenvalue weighted by atomic mass is 10.2. The Labute approximate surface area is 108 Å². The highest BCUT2D eigenvalue weighted by Gasteiger charge is 2.08. The summed E-state index contributed by atoms with van der Waals surface area (Å²) in [4.78, 5) is 26.6. The van der Waals surface area contributed by atoms with E-state index < -0.39 is 11.8 Å². The molecule has 0 bridgehead atoms. The highest BCUT2D eigenvalue weighted by atomic mass is 16.3. The van der Waals surface area contributed by atoms with Crippen molar-refractivity contribution >= 4 is 17.5 Å². The average Bonchev–Trinajstić information content (AvgIpc) is 2.39. The Morgan fingerprint density at radius 2 is 1.95 bits per heavy atom. The Bertz CT molecular complexity index is 641. The van der Waals surface area contributed by atoms with E-state index in [1.807, 2.05) is 0 Å². The molecule has 2 aromatic rings. The number of benzene rings is 1. The Kier molecular flexibility index (Phi) is 3.42. The van der Waals surface area contributed by atoms with Gasteiger partial charge in [-0.25, -0.2) is 0 Å². The summed E-state index contributed by atoms with van der Waals surface area (Å²) in [6.07, 6.45) is 2.55. The maximum absolute atomic E-state index is 11.9. The monoisotopic (exact) mass is 257 g/mol. The number of hydrogen-bond donors (Lipinski definition) is 3. The summed E-state index contributed by atoms with van der Waals surface area (Å²) >= 11 is 0. The van der Waals surface area contributed by atoms with Crippen LogP contribution in [0.15, 0.2) is 42.7 Å². The first-order valence-electron chi connectivity index (χ1n) is 5.41. The minimum atomic E-state index is -0.574. The number of nitrogens with zero attached hydrogens (tertiary/aromatic N) is 1. The molecule has 0 aliphatic rings. The van der Waals surface area contributed by atoms with Gasteiger partial charge in [-0.3, -0.25) is 14.6 Å². The van der Waals surface area contributed by atoms with Gasteiger partial charge in [0, 0.05) is 17.4 Å². The van der Waals surface area contributed by atoms with Gasteiger partial charge >= 0.3 is 0 Å². The molecule has 0 spiro atoms. The fourth-order valence-corrected chi connectivity index (χ4v) is 1.51. The summed E-state index contributed by atoms with van der Waals surface area (Å²) in [5.74, 6) is -1.11. The maximum Gasteiger partial charge on any atom is 0.257 e. The van der Waals surface area contributed by atoms with Crippen molar-refractivity contribution in [2.45, 2.75) is 0 Å². The van der Waals surface area contributed by atoms with E-state index in [1.54, 1.807) is 18.2 Å². The zero-order chi connectivity index (χ0) is 13.8. The third kappa shape index (κ3) is 3.06. The number of pyridine rings is 1. The van der Waals surface area contributed by atoms with Crippen molar-refractivity contribution in [1.29, 1.82) is 0 Å². The van der Waals surface area contributed by atoms with E-state index in [-0.39, 0.29) is 11.3 Å². The van der Waals surface area contributed by atoms with Gasteiger partial charge in [0.05, 0.1) is 11.8 Å². The van der Waals surface area contributed by atoms with E-state index in [9.17, 15) is 14.7 Å². The minimum Gasteiger partial charge on any atom is -0.506 e. The van der Waals surface area contributed by atoms with Crippen molar-refractivity contribution in [3.63, 3.8) is 0 Å². The van der Waals surface area contributed by atoms with Crippen molar-refractivity contribution in [2.24, 2.45) is 5.73 Å². The fraction of sp³-hybridized carbons (Fsp3) is 0. The Hall–Kier alpha value is -2.89. The number of nitrogens with two attached hydrogens (primary N) is 1. The van der Waals surface area contributed by atoms with Crippen molar-refractivity contribution in [2.75, 3.05) is 5.32 Å². The number of primary amides is 1. The second-order valence-corrected chi connectivity index (χ2v) is 3.83. The van der Waals surface area contributed by atoms with Gasteiger partial charge < -0.3 is 16.2 Å². The highest BCUT2D eigenvalue weighted by Crippen LogP contribution is 2.13. The van der Waals surface area contributed by atoms with Gasteiger partial charge in [0.15, 0.2) is 0 Å². The van der Waals surface area contributed by atoms with E-state index in [0.29, 0.717) is 11.3 Å². The lowest BCUT2D eigenvalue weighted by Gasteiger charge is -2.06. The van der Waals surface area contributed by atoms with Crippen molar-refractivity contribution in [3.8, 4) is 5.75 Å². The SMILES string of the molecule is NC(=O)c1cccc(NC(=O)c2cncc(O)c2)c1. The molecular weight excluding hydrogens is 246 g/mol. The number of aromatic nitrogens is 1. The van der Waals surface area contributed by atoms with E-state index in [2.05, 4.69) is 10.3 Å². The molecule has 0 atom stereocenters. The van der Waals surface area contributed by atoms with Crippen LogP contribution in [0.5, 0.6) is 5.75 Å². The third-order valence-corrected chi connectivity index (χ3v) is 2.39. The molecule has 6 heteroatoms. The van der Waals surface area contributed by atoms with Crippen molar-refractivity contribution < 1.29 is 14.7 Å². The molecule has 0 saturated heterocycles. The standard InChI is InChI=1S/C13H11N3O3/c14-12(18)8-2-1-3-10(4-8)16-13(19)9-5-11(17)7-15-6-9/h1-7,17H,(H2,14,18)(H,16,19). The van der Waals surface area contributed by atoms with Gasteiger partial charge in [-0.2, -0.15) is 0 Å². The number of aromatic hydroxyl groups is 1. The first-order chi connectivity index (χ1) is 9.06. The molecule has 19 heavy (non-hydrogen) atoms. The predicted molar refractivity (Wildman–Crippen MR) is 68.8 cm³/mol. The molecule has 0 radical (unpaired) electrons. The predicted octanol–water partition coefficient (Wildman–Crippen LogP) is 1.14. The van der Waals surface area contributed by atoms with Crippen LogP contribution in [0.4, 0.5) is 5.69 Å². The molecule has 1 aromatic carbocycles. The first kappa shape index (κ1) is 12.6. The lowest BCUT2D eigenvalue weighted by Crippen LogP contribution is -2.14. The Morgan fingerprint density at radius 3 is 2.63 bits per heavy atom. The van der Waals surface area contributed by atoms with E-state index in [0.717, 1.165) is 0 Å². The molecule has 2 amide bonds. The maximum atomic E-state index is 11.9. The molecule has 0 saturated carbocycles. The summed E-state index contributed by atoms with van der Waals surface area (Å²) < 4.78 is 0. The van der Waals surface area contributed by atoms with Crippen LogP contribution < -0.4 is 11.1 Å². The normalized spacial score (nSPS) is 9.89. The fourth-order valence-electron chi connectivity index (χ4n) is 1.51. The summed E-state index contributed by atoms with van der Waals surface area (Å²) in [6.45, 7) is 0. The van der Waals surface area contributed by atoms with Crippen LogP contribution in [0.1, 0.15) is 20.7 Å². The second kappa shape index (κ2) is 5.18. The number of rotatable bonds is 3. The number of hydrogen-bond acceptors (Lipinski definition) is 4. The number of anilines is 1. The zero-order valence-corrected chi connectivity index (χ0v) is 9.83. The zero-order valence-electron chi connectivity index (χ0n) is 9.83. The number of nitrogens with one attached hydrogen (secondary N) is 1. The minimum absolute atomic E-state index is 0.0986. The van der Waals surface area contributed by atoms with Gasteiger partial charge in [-0.15, -0.1) is 0 Å². The van der Waals surface area contributed by atoms with Gasteiger partial charge in [0.2, 0.25) is 5.91 Å². The summed E-state index contributed by atoms with van der Waals surface area (Å²) in [5.41, 5.74) is 6.10. The summed E-state index contributed by atoms with van der Waals surface area (Å²) in [5, 5.41) is 11.8. The van der Waals surface area contributed by atoms with Crippen LogP contribution in [0.25, 0.3) is 0 Å². The molecule has 96 valence electrons. The van der Waals surface area contributed by atoms with Gasteiger partial charge in [-0.1, -0.05) is 6.07 Å². The lowest BCUT2D eigenvalue weighted by molar-refractivity contribution is 0.0996. The molecule has 2 rings (SSSR count). The first-order valence-corrected chi connectivity index (χ1v) is 5.41. The van der Waals surface area contributed by atoms with Crippen LogP contribution >= 0.6 is 0 Å². The van der Waals surface area contributed by atoms with Crippen LogP contribution in [0.2, 0.25) is 0 Å². The highest BCUT2D eigenvalue weighted by molar-refractivity contribution is 6.05. The molecule has 1 heterocycles. The molecule has 6 nitrogen and oxygen atoms in total. The molecule has 1 aromatic heterocycles. The Morgan fingerprint density at radius 1 is 1.16 bits per heavy atom. The summed E-state index contributed by atoms with van der Waals surface area (Å²) in [7, 11) is 0. The average molecular weight is 257 g/mol. The van der Waals surface area contributed by atoms with Gasteiger partial charge in [-0.05, 0) is 24.3 Å². The van der Waals surface area contributed by atoms with E-state index in [4.69, 9.17) is 5.73 Å². The van der Waals surface area contributed by atoms with Crippen LogP contribution in [-0.2, 0) is 0 Å². The summed E-state index contributed by atoms with van der Waals surface area (Å²) in [6, 6.07) is 7.54. The van der Waals surface area contributed by atoms with Crippen LogP contribution in [0.3, 0.4) is 0 Å². The molecule has 0 aliphatic heterocycles. The number of amides is 2.